The fourth-order valence-electron chi connectivity index (χ4n) is 2.65. The molecule has 0 fully saturated rings. The average molecular weight is 282 g/mol. The maximum absolute atomic E-state index is 4.29. The van der Waals surface area contributed by atoms with Crippen molar-refractivity contribution in [2.24, 2.45) is 0 Å². The first kappa shape index (κ1) is 15.7. The van der Waals surface area contributed by atoms with Crippen LogP contribution in [0.25, 0.3) is 0 Å². The van der Waals surface area contributed by atoms with Crippen LogP contribution in [0.2, 0.25) is 0 Å². The lowest BCUT2D eigenvalue weighted by Crippen LogP contribution is -2.23. The molecule has 0 aliphatic rings. The van der Waals surface area contributed by atoms with E-state index in [9.17, 15) is 0 Å². The Hall–Kier alpha value is -1.67. The summed E-state index contributed by atoms with van der Waals surface area (Å²) in [5.41, 5.74) is 5.37. The van der Waals surface area contributed by atoms with Crippen LogP contribution in [0.5, 0.6) is 0 Å². The predicted octanol–water partition coefficient (Wildman–Crippen LogP) is 4.41. The van der Waals surface area contributed by atoms with E-state index in [0.29, 0.717) is 12.0 Å². The molecule has 0 radical (unpaired) electrons. The third kappa shape index (κ3) is 4.15. The fraction of sp³-hybridized carbons (Fsp3) is 0.421. The van der Waals surface area contributed by atoms with E-state index in [-0.39, 0.29) is 0 Å². The fourth-order valence-corrected chi connectivity index (χ4v) is 2.65. The molecule has 1 aromatic carbocycles. The zero-order chi connectivity index (χ0) is 15.2. The second-order valence-corrected chi connectivity index (χ2v) is 5.94. The molecule has 1 N–H and O–H groups in total. The topological polar surface area (TPSA) is 24.9 Å². The van der Waals surface area contributed by atoms with Gasteiger partial charge in [-0.25, -0.2) is 0 Å². The van der Waals surface area contributed by atoms with E-state index < -0.39 is 0 Å². The minimum Gasteiger partial charge on any atom is -0.310 e. The van der Waals surface area contributed by atoms with Crippen molar-refractivity contribution in [3.05, 3.63) is 65.0 Å². The van der Waals surface area contributed by atoms with Gasteiger partial charge in [-0.2, -0.15) is 0 Å². The normalized spacial score (nSPS) is 12.6. The van der Waals surface area contributed by atoms with Crippen molar-refractivity contribution in [2.45, 2.75) is 46.1 Å². The summed E-state index contributed by atoms with van der Waals surface area (Å²) < 4.78 is 0. The molecule has 21 heavy (non-hydrogen) atoms. The summed E-state index contributed by atoms with van der Waals surface area (Å²) >= 11 is 0. The number of aromatic nitrogens is 1. The highest BCUT2D eigenvalue weighted by Gasteiger charge is 2.13. The van der Waals surface area contributed by atoms with E-state index in [2.05, 4.69) is 68.3 Å². The van der Waals surface area contributed by atoms with Gasteiger partial charge in [0.2, 0.25) is 0 Å². The number of rotatable bonds is 6. The van der Waals surface area contributed by atoms with Crippen LogP contribution in [0, 0.1) is 6.92 Å². The first-order valence-corrected chi connectivity index (χ1v) is 7.84. The maximum atomic E-state index is 4.29. The highest BCUT2D eigenvalue weighted by Crippen LogP contribution is 2.22. The van der Waals surface area contributed by atoms with Gasteiger partial charge in [-0.15, -0.1) is 0 Å². The Kier molecular flexibility index (Phi) is 5.51. The molecule has 2 rings (SSSR count). The Morgan fingerprint density at radius 1 is 1.10 bits per heavy atom. The molecule has 0 saturated carbocycles. The number of benzene rings is 1. The second-order valence-electron chi connectivity index (χ2n) is 5.94. The Balaban J connectivity index is 2.18. The zero-order valence-corrected chi connectivity index (χ0v) is 13.6. The summed E-state index contributed by atoms with van der Waals surface area (Å²) in [5.74, 6) is 0.587. The SMILES string of the molecule is CCNC(Cc1ccc(C(C)C)cc1)c1cnccc1C. The monoisotopic (exact) mass is 282 g/mol. The Bertz CT molecular complexity index is 558. The van der Waals surface area contributed by atoms with E-state index >= 15 is 0 Å². The minimum absolute atomic E-state index is 0.327. The number of likely N-dealkylation sites (N-methyl/N-ethyl adjacent to an activating group) is 1. The summed E-state index contributed by atoms with van der Waals surface area (Å²) in [4.78, 5) is 4.29. The van der Waals surface area contributed by atoms with Gasteiger partial charge in [0.05, 0.1) is 0 Å². The maximum Gasteiger partial charge on any atom is 0.0378 e. The van der Waals surface area contributed by atoms with Crippen LogP contribution < -0.4 is 5.32 Å². The third-order valence-corrected chi connectivity index (χ3v) is 3.99. The van der Waals surface area contributed by atoms with Gasteiger partial charge in [0.25, 0.3) is 0 Å². The van der Waals surface area contributed by atoms with Crippen molar-refractivity contribution in [3.63, 3.8) is 0 Å². The van der Waals surface area contributed by atoms with Crippen LogP contribution in [0.4, 0.5) is 0 Å². The predicted molar refractivity (Wildman–Crippen MR) is 89.6 cm³/mol. The lowest BCUT2D eigenvalue weighted by atomic mass is 9.95. The molecule has 0 aliphatic heterocycles. The highest BCUT2D eigenvalue weighted by molar-refractivity contribution is 5.30. The van der Waals surface area contributed by atoms with E-state index in [0.717, 1.165) is 13.0 Å². The largest absolute Gasteiger partial charge is 0.310 e. The summed E-state index contributed by atoms with van der Waals surface area (Å²) in [6, 6.07) is 11.4. The lowest BCUT2D eigenvalue weighted by Gasteiger charge is -2.20. The summed E-state index contributed by atoms with van der Waals surface area (Å²) in [6.07, 6.45) is 4.85. The van der Waals surface area contributed by atoms with E-state index in [4.69, 9.17) is 0 Å². The minimum atomic E-state index is 0.327. The summed E-state index contributed by atoms with van der Waals surface area (Å²) in [6.45, 7) is 9.73. The number of hydrogen-bond donors (Lipinski definition) is 1. The van der Waals surface area contributed by atoms with E-state index in [1.54, 1.807) is 0 Å². The number of nitrogens with one attached hydrogen (secondary N) is 1. The van der Waals surface area contributed by atoms with Crippen molar-refractivity contribution in [1.29, 1.82) is 0 Å². The van der Waals surface area contributed by atoms with Crippen molar-refractivity contribution in [2.75, 3.05) is 6.54 Å². The van der Waals surface area contributed by atoms with Gasteiger partial charge in [0, 0.05) is 18.4 Å². The molecule has 1 aromatic heterocycles. The molecular weight excluding hydrogens is 256 g/mol. The van der Waals surface area contributed by atoms with Gasteiger partial charge < -0.3 is 5.32 Å². The second kappa shape index (κ2) is 7.37. The van der Waals surface area contributed by atoms with Gasteiger partial charge in [-0.3, -0.25) is 4.98 Å². The van der Waals surface area contributed by atoms with Crippen LogP contribution >= 0.6 is 0 Å². The van der Waals surface area contributed by atoms with E-state index in [1.807, 2.05) is 12.4 Å². The standard InChI is InChI=1S/C19H26N2/c1-5-21-19(18-13-20-11-10-15(18)4)12-16-6-8-17(9-7-16)14(2)3/h6-11,13-14,19,21H,5,12H2,1-4H3. The quantitative estimate of drug-likeness (QED) is 0.849. The summed E-state index contributed by atoms with van der Waals surface area (Å²) in [5, 5.41) is 3.59. The van der Waals surface area contributed by atoms with E-state index in [1.165, 1.54) is 22.3 Å². The average Bonchev–Trinajstić information content (AvgIpc) is 2.48. The molecular formula is C19H26N2. The summed E-state index contributed by atoms with van der Waals surface area (Å²) in [7, 11) is 0. The van der Waals surface area contributed by atoms with Crippen LogP contribution in [-0.4, -0.2) is 11.5 Å². The van der Waals surface area contributed by atoms with Gasteiger partial charge in [-0.1, -0.05) is 45.0 Å². The molecule has 0 spiro atoms. The van der Waals surface area contributed by atoms with Crippen molar-refractivity contribution < 1.29 is 0 Å². The third-order valence-electron chi connectivity index (χ3n) is 3.99. The van der Waals surface area contributed by atoms with Gasteiger partial charge in [0.15, 0.2) is 0 Å². The smallest absolute Gasteiger partial charge is 0.0378 e. The van der Waals surface area contributed by atoms with Crippen LogP contribution in [0.3, 0.4) is 0 Å². The molecule has 1 atom stereocenters. The molecule has 112 valence electrons. The number of aryl methyl sites for hydroxylation is 1. The van der Waals surface area contributed by atoms with Crippen LogP contribution in [0.15, 0.2) is 42.7 Å². The molecule has 0 aliphatic carbocycles. The van der Waals surface area contributed by atoms with Crippen molar-refractivity contribution >= 4 is 0 Å². The Morgan fingerprint density at radius 2 is 1.81 bits per heavy atom. The highest BCUT2D eigenvalue weighted by atomic mass is 14.9. The molecule has 1 heterocycles. The molecule has 0 bridgehead atoms. The molecule has 2 heteroatoms. The first-order valence-electron chi connectivity index (χ1n) is 7.84. The van der Waals surface area contributed by atoms with Gasteiger partial charge in [0.1, 0.15) is 0 Å². The number of pyridine rings is 1. The van der Waals surface area contributed by atoms with Crippen LogP contribution in [0.1, 0.15) is 55.0 Å². The molecule has 1 unspecified atom stereocenters. The number of hydrogen-bond acceptors (Lipinski definition) is 2. The lowest BCUT2D eigenvalue weighted by molar-refractivity contribution is 0.545. The molecule has 2 nitrogen and oxygen atoms in total. The van der Waals surface area contributed by atoms with Crippen molar-refractivity contribution in [3.8, 4) is 0 Å². The molecule has 0 amide bonds. The van der Waals surface area contributed by atoms with Crippen molar-refractivity contribution in [1.82, 2.24) is 10.3 Å². The molecule has 2 aromatic rings. The first-order chi connectivity index (χ1) is 10.1. The van der Waals surface area contributed by atoms with Gasteiger partial charge >= 0.3 is 0 Å². The number of nitrogens with zero attached hydrogens (tertiary/aromatic N) is 1. The Labute approximate surface area is 128 Å². The van der Waals surface area contributed by atoms with Gasteiger partial charge in [-0.05, 0) is 54.1 Å². The molecule has 0 saturated heterocycles. The Morgan fingerprint density at radius 3 is 2.38 bits per heavy atom. The zero-order valence-electron chi connectivity index (χ0n) is 13.6. The van der Waals surface area contributed by atoms with Crippen LogP contribution in [-0.2, 0) is 6.42 Å².